The van der Waals surface area contributed by atoms with Crippen LogP contribution in [0.3, 0.4) is 0 Å². The summed E-state index contributed by atoms with van der Waals surface area (Å²) in [5.41, 5.74) is 0.839. The Labute approximate surface area is 119 Å². The number of benzene rings is 1. The predicted octanol–water partition coefficient (Wildman–Crippen LogP) is 1.43. The molecule has 0 aromatic heterocycles. The van der Waals surface area contributed by atoms with E-state index < -0.39 is 9.84 Å². The summed E-state index contributed by atoms with van der Waals surface area (Å²) in [6.45, 7) is 4.02. The lowest BCUT2D eigenvalue weighted by atomic mass is 10.2. The van der Waals surface area contributed by atoms with E-state index in [1.165, 1.54) is 12.1 Å². The number of anilines is 1. The number of halogens is 1. The Bertz CT molecular complexity index is 548. The molecule has 1 fully saturated rings. The fourth-order valence-electron chi connectivity index (χ4n) is 2.51. The first-order valence-corrected chi connectivity index (χ1v) is 8.76. The summed E-state index contributed by atoms with van der Waals surface area (Å²) >= 11 is 0. The van der Waals surface area contributed by atoms with Crippen molar-refractivity contribution in [3.8, 4) is 0 Å². The van der Waals surface area contributed by atoms with Crippen molar-refractivity contribution in [3.05, 3.63) is 30.1 Å². The molecule has 1 heterocycles. The van der Waals surface area contributed by atoms with E-state index in [1.54, 1.807) is 6.07 Å². The largest absolute Gasteiger partial charge is 0.372 e. The van der Waals surface area contributed by atoms with Gasteiger partial charge in [-0.15, -0.1) is 0 Å². The molecule has 112 valence electrons. The Morgan fingerprint density at radius 1 is 1.45 bits per heavy atom. The monoisotopic (exact) mass is 300 g/mol. The molecule has 1 N–H and O–H groups in total. The predicted molar refractivity (Wildman–Crippen MR) is 79.3 cm³/mol. The highest BCUT2D eigenvalue weighted by molar-refractivity contribution is 7.91. The van der Waals surface area contributed by atoms with Crippen molar-refractivity contribution >= 4 is 15.5 Å². The first-order valence-electron chi connectivity index (χ1n) is 6.94. The Morgan fingerprint density at radius 3 is 2.90 bits per heavy atom. The highest BCUT2D eigenvalue weighted by Gasteiger charge is 2.24. The molecule has 1 aliphatic heterocycles. The summed E-state index contributed by atoms with van der Waals surface area (Å²) in [4.78, 5) is 2.06. The highest BCUT2D eigenvalue weighted by atomic mass is 32.2. The summed E-state index contributed by atoms with van der Waals surface area (Å²) < 4.78 is 36.4. The molecule has 0 spiro atoms. The van der Waals surface area contributed by atoms with E-state index in [9.17, 15) is 12.8 Å². The van der Waals surface area contributed by atoms with Gasteiger partial charge in [0.2, 0.25) is 0 Å². The van der Waals surface area contributed by atoms with Gasteiger partial charge in [0.1, 0.15) is 5.82 Å². The molecule has 0 radical (unpaired) electrons. The van der Waals surface area contributed by atoms with Crippen molar-refractivity contribution in [3.63, 3.8) is 0 Å². The maximum absolute atomic E-state index is 13.2. The molecule has 1 aromatic rings. The molecular weight excluding hydrogens is 279 g/mol. The van der Waals surface area contributed by atoms with Crippen molar-refractivity contribution in [1.29, 1.82) is 0 Å². The van der Waals surface area contributed by atoms with Crippen molar-refractivity contribution in [2.45, 2.75) is 19.4 Å². The molecule has 4 nitrogen and oxygen atoms in total. The van der Waals surface area contributed by atoms with Crippen LogP contribution in [0.25, 0.3) is 0 Å². The molecule has 0 bridgehead atoms. The van der Waals surface area contributed by atoms with Gasteiger partial charge in [-0.25, -0.2) is 12.8 Å². The van der Waals surface area contributed by atoms with E-state index in [0.29, 0.717) is 13.1 Å². The number of sulfone groups is 1. The molecule has 1 atom stereocenters. The van der Waals surface area contributed by atoms with Gasteiger partial charge in [-0.05, 0) is 31.5 Å². The van der Waals surface area contributed by atoms with Crippen LogP contribution in [-0.2, 0) is 9.84 Å². The fraction of sp³-hybridized carbons (Fsp3) is 0.571. The number of hydrogen-bond acceptors (Lipinski definition) is 4. The van der Waals surface area contributed by atoms with Gasteiger partial charge >= 0.3 is 0 Å². The van der Waals surface area contributed by atoms with Crippen LogP contribution in [0.1, 0.15) is 13.3 Å². The molecule has 1 saturated heterocycles. The van der Waals surface area contributed by atoms with Gasteiger partial charge in [0, 0.05) is 31.4 Å². The first kappa shape index (κ1) is 15.3. The second-order valence-corrected chi connectivity index (χ2v) is 7.34. The molecule has 1 unspecified atom stereocenters. The fourth-order valence-corrected chi connectivity index (χ4v) is 4.00. The molecule has 20 heavy (non-hydrogen) atoms. The minimum absolute atomic E-state index is 0.00337. The first-order chi connectivity index (χ1) is 9.50. The Morgan fingerprint density at radius 2 is 2.25 bits per heavy atom. The van der Waals surface area contributed by atoms with Crippen LogP contribution in [0.4, 0.5) is 10.1 Å². The van der Waals surface area contributed by atoms with E-state index in [4.69, 9.17) is 0 Å². The molecule has 0 saturated carbocycles. The molecule has 0 amide bonds. The van der Waals surface area contributed by atoms with Crippen molar-refractivity contribution in [2.24, 2.45) is 0 Å². The quantitative estimate of drug-likeness (QED) is 0.894. The SMILES string of the molecule is CCN(CCC1CS(=O)(=O)CCN1)c1cccc(F)c1. The summed E-state index contributed by atoms with van der Waals surface area (Å²) in [6, 6.07) is 6.49. The zero-order valence-electron chi connectivity index (χ0n) is 11.7. The Kier molecular flexibility index (Phi) is 4.99. The number of nitrogens with one attached hydrogen (secondary N) is 1. The molecule has 6 heteroatoms. The van der Waals surface area contributed by atoms with Crippen LogP contribution in [0, 0.1) is 5.82 Å². The van der Waals surface area contributed by atoms with E-state index in [2.05, 4.69) is 10.2 Å². The van der Waals surface area contributed by atoms with Gasteiger partial charge in [-0.1, -0.05) is 6.07 Å². The standard InChI is InChI=1S/C14H21FN2O2S/c1-2-17(14-5-3-4-12(15)10-14)8-6-13-11-20(18,19)9-7-16-13/h3-5,10,13,16H,2,6-9,11H2,1H3. The topological polar surface area (TPSA) is 49.4 Å². The van der Waals surface area contributed by atoms with Gasteiger partial charge in [0.05, 0.1) is 11.5 Å². The van der Waals surface area contributed by atoms with Crippen LogP contribution in [0.2, 0.25) is 0 Å². The van der Waals surface area contributed by atoms with Crippen LogP contribution >= 0.6 is 0 Å². The zero-order chi connectivity index (χ0) is 14.6. The number of hydrogen-bond donors (Lipinski definition) is 1. The molecule has 1 aromatic carbocycles. The third-order valence-corrected chi connectivity index (χ3v) is 5.34. The zero-order valence-corrected chi connectivity index (χ0v) is 12.5. The second kappa shape index (κ2) is 6.54. The van der Waals surface area contributed by atoms with Gasteiger partial charge in [0.15, 0.2) is 9.84 Å². The summed E-state index contributed by atoms with van der Waals surface area (Å²) in [5, 5.41) is 3.24. The van der Waals surface area contributed by atoms with Gasteiger partial charge in [0.25, 0.3) is 0 Å². The minimum atomic E-state index is -2.90. The van der Waals surface area contributed by atoms with Crippen molar-refractivity contribution < 1.29 is 12.8 Å². The van der Waals surface area contributed by atoms with Crippen molar-refractivity contribution in [1.82, 2.24) is 5.32 Å². The maximum atomic E-state index is 13.2. The van der Waals surface area contributed by atoms with E-state index in [-0.39, 0.29) is 23.4 Å². The van der Waals surface area contributed by atoms with E-state index in [0.717, 1.165) is 18.7 Å². The van der Waals surface area contributed by atoms with E-state index >= 15 is 0 Å². The number of rotatable bonds is 5. The van der Waals surface area contributed by atoms with Crippen molar-refractivity contribution in [2.75, 3.05) is 36.0 Å². The Hall–Kier alpha value is -1.14. The summed E-state index contributed by atoms with van der Waals surface area (Å²) in [7, 11) is -2.90. The van der Waals surface area contributed by atoms with Gasteiger partial charge in [-0.2, -0.15) is 0 Å². The minimum Gasteiger partial charge on any atom is -0.372 e. The summed E-state index contributed by atoms with van der Waals surface area (Å²) in [6.07, 6.45) is 0.740. The highest BCUT2D eigenvalue weighted by Crippen LogP contribution is 2.16. The van der Waals surface area contributed by atoms with Crippen LogP contribution < -0.4 is 10.2 Å². The third kappa shape index (κ3) is 4.18. The summed E-state index contributed by atoms with van der Waals surface area (Å²) in [5.74, 6) is 0.179. The van der Waals surface area contributed by atoms with Crippen LogP contribution in [0.5, 0.6) is 0 Å². The average Bonchev–Trinajstić information content (AvgIpc) is 2.38. The lowest BCUT2D eigenvalue weighted by molar-refractivity contribution is 0.493. The third-order valence-electron chi connectivity index (χ3n) is 3.60. The van der Waals surface area contributed by atoms with Crippen LogP contribution in [0.15, 0.2) is 24.3 Å². The molecule has 2 rings (SSSR count). The van der Waals surface area contributed by atoms with Gasteiger partial charge in [-0.3, -0.25) is 0 Å². The number of nitrogens with zero attached hydrogens (tertiary/aromatic N) is 1. The second-order valence-electron chi connectivity index (χ2n) is 5.11. The lowest BCUT2D eigenvalue weighted by Crippen LogP contribution is -2.46. The van der Waals surface area contributed by atoms with Gasteiger partial charge < -0.3 is 10.2 Å². The average molecular weight is 300 g/mol. The molecule has 0 aliphatic carbocycles. The maximum Gasteiger partial charge on any atom is 0.153 e. The van der Waals surface area contributed by atoms with E-state index in [1.807, 2.05) is 13.0 Å². The van der Waals surface area contributed by atoms with Crippen LogP contribution in [-0.4, -0.2) is 45.6 Å². The lowest BCUT2D eigenvalue weighted by Gasteiger charge is -2.28. The normalized spacial score (nSPS) is 21.6. The smallest absolute Gasteiger partial charge is 0.153 e. The molecular formula is C14H21FN2O2S. The molecule has 1 aliphatic rings. The Balaban J connectivity index is 1.94.